The quantitative estimate of drug-likeness (QED) is 0.767. The molecule has 100 valence electrons. The minimum absolute atomic E-state index is 0.213. The van der Waals surface area contributed by atoms with Gasteiger partial charge in [0.05, 0.1) is 6.04 Å². The van der Waals surface area contributed by atoms with Crippen molar-refractivity contribution in [2.75, 3.05) is 5.32 Å². The molecule has 1 aromatic rings. The molecule has 4 heteroatoms. The summed E-state index contributed by atoms with van der Waals surface area (Å²) in [5.41, 5.74) is 7.88. The van der Waals surface area contributed by atoms with Crippen molar-refractivity contribution in [1.82, 2.24) is 0 Å². The van der Waals surface area contributed by atoms with Crippen LogP contribution in [0.1, 0.15) is 31.4 Å². The van der Waals surface area contributed by atoms with Crippen molar-refractivity contribution in [3.05, 3.63) is 23.3 Å². The fraction of sp³-hybridized carbons (Fsp3) is 0.500. The van der Waals surface area contributed by atoms with E-state index >= 15 is 0 Å². The number of carbonyl (C=O) groups is 1. The number of phenols is 1. The Morgan fingerprint density at radius 2 is 2.00 bits per heavy atom. The van der Waals surface area contributed by atoms with E-state index in [0.717, 1.165) is 5.56 Å². The summed E-state index contributed by atoms with van der Waals surface area (Å²) in [5, 5.41) is 12.6. The Morgan fingerprint density at radius 1 is 1.39 bits per heavy atom. The van der Waals surface area contributed by atoms with Crippen LogP contribution in [0.4, 0.5) is 5.69 Å². The van der Waals surface area contributed by atoms with Gasteiger partial charge in [-0.15, -0.1) is 0 Å². The van der Waals surface area contributed by atoms with Crippen LogP contribution in [0.3, 0.4) is 0 Å². The molecule has 4 N–H and O–H groups in total. The summed E-state index contributed by atoms with van der Waals surface area (Å²) in [4.78, 5) is 11.9. The highest BCUT2D eigenvalue weighted by Crippen LogP contribution is 2.28. The van der Waals surface area contributed by atoms with Gasteiger partial charge in [0.25, 0.3) is 0 Å². The van der Waals surface area contributed by atoms with E-state index in [9.17, 15) is 9.90 Å². The number of hydrogen-bond acceptors (Lipinski definition) is 3. The number of phenolic OH excluding ortho intramolecular Hbond substituents is 1. The van der Waals surface area contributed by atoms with Crippen molar-refractivity contribution >= 4 is 11.6 Å². The smallest absolute Gasteiger partial charge is 0.241 e. The lowest BCUT2D eigenvalue weighted by Crippen LogP contribution is -2.36. The first kappa shape index (κ1) is 14.5. The number of amides is 1. The summed E-state index contributed by atoms with van der Waals surface area (Å²) in [6, 6.07) is 3.03. The number of nitrogens with two attached hydrogens (primary N) is 1. The topological polar surface area (TPSA) is 75.4 Å². The van der Waals surface area contributed by atoms with Gasteiger partial charge in [-0.1, -0.05) is 19.9 Å². The number of nitrogens with one attached hydrogen (secondary N) is 1. The molecule has 1 atom stereocenters. The van der Waals surface area contributed by atoms with E-state index in [4.69, 9.17) is 5.73 Å². The molecular weight excluding hydrogens is 228 g/mol. The molecule has 0 aliphatic rings. The third-order valence-electron chi connectivity index (χ3n) is 2.95. The highest BCUT2D eigenvalue weighted by Gasteiger charge is 2.16. The Kier molecular flexibility index (Phi) is 4.73. The van der Waals surface area contributed by atoms with E-state index in [1.165, 1.54) is 0 Å². The molecule has 0 saturated carbocycles. The minimum atomic E-state index is -0.521. The maximum atomic E-state index is 11.9. The van der Waals surface area contributed by atoms with Gasteiger partial charge in [0, 0.05) is 11.3 Å². The molecule has 0 heterocycles. The predicted octanol–water partition coefficient (Wildman–Crippen LogP) is 2.32. The second-order valence-corrected chi connectivity index (χ2v) is 5.13. The summed E-state index contributed by atoms with van der Waals surface area (Å²) < 4.78 is 0. The molecule has 1 aromatic carbocycles. The molecule has 0 bridgehead atoms. The molecule has 0 aromatic heterocycles. The number of aryl methyl sites for hydroxylation is 1. The lowest BCUT2D eigenvalue weighted by atomic mass is 10.0. The van der Waals surface area contributed by atoms with Crippen LogP contribution in [0.15, 0.2) is 12.1 Å². The van der Waals surface area contributed by atoms with Crippen molar-refractivity contribution in [2.45, 2.75) is 40.2 Å². The fourth-order valence-electron chi connectivity index (χ4n) is 1.81. The second-order valence-electron chi connectivity index (χ2n) is 5.13. The third kappa shape index (κ3) is 3.47. The van der Waals surface area contributed by atoms with Gasteiger partial charge < -0.3 is 16.2 Å². The van der Waals surface area contributed by atoms with Crippen LogP contribution in [-0.2, 0) is 4.79 Å². The Labute approximate surface area is 108 Å². The third-order valence-corrected chi connectivity index (χ3v) is 2.95. The maximum Gasteiger partial charge on any atom is 0.241 e. The largest absolute Gasteiger partial charge is 0.507 e. The number of rotatable bonds is 4. The van der Waals surface area contributed by atoms with Gasteiger partial charge in [-0.3, -0.25) is 4.79 Å². The number of benzene rings is 1. The zero-order valence-corrected chi connectivity index (χ0v) is 11.4. The number of carbonyl (C=O) groups excluding carboxylic acids is 1. The molecule has 18 heavy (non-hydrogen) atoms. The lowest BCUT2D eigenvalue weighted by Gasteiger charge is -2.16. The van der Waals surface area contributed by atoms with Gasteiger partial charge in [-0.05, 0) is 37.8 Å². The molecule has 0 aliphatic heterocycles. The molecule has 0 radical (unpaired) electrons. The highest BCUT2D eigenvalue weighted by molar-refractivity contribution is 5.95. The first-order chi connectivity index (χ1) is 8.32. The van der Waals surface area contributed by atoms with Crippen LogP contribution >= 0.6 is 0 Å². The Hall–Kier alpha value is -1.55. The normalized spacial score (nSPS) is 12.6. The first-order valence-corrected chi connectivity index (χ1v) is 6.18. The predicted molar refractivity (Wildman–Crippen MR) is 73.6 cm³/mol. The van der Waals surface area contributed by atoms with Gasteiger partial charge in [-0.25, -0.2) is 0 Å². The zero-order chi connectivity index (χ0) is 13.9. The van der Waals surface area contributed by atoms with Gasteiger partial charge in [0.1, 0.15) is 5.75 Å². The Balaban J connectivity index is 2.79. The van der Waals surface area contributed by atoms with Gasteiger partial charge in [-0.2, -0.15) is 0 Å². The number of aromatic hydroxyl groups is 1. The van der Waals surface area contributed by atoms with Crippen LogP contribution in [-0.4, -0.2) is 17.1 Å². The number of anilines is 1. The van der Waals surface area contributed by atoms with Crippen molar-refractivity contribution in [3.8, 4) is 5.75 Å². The second kappa shape index (κ2) is 5.87. The number of hydrogen-bond donors (Lipinski definition) is 3. The highest BCUT2D eigenvalue weighted by atomic mass is 16.3. The van der Waals surface area contributed by atoms with Gasteiger partial charge in [0.2, 0.25) is 5.91 Å². The summed E-state index contributed by atoms with van der Waals surface area (Å²) >= 11 is 0. The average Bonchev–Trinajstić information content (AvgIpc) is 2.29. The van der Waals surface area contributed by atoms with E-state index in [1.807, 2.05) is 20.8 Å². The van der Waals surface area contributed by atoms with E-state index in [2.05, 4.69) is 5.32 Å². The maximum absolute atomic E-state index is 11.9. The van der Waals surface area contributed by atoms with E-state index in [-0.39, 0.29) is 11.7 Å². The molecule has 0 spiro atoms. The Bertz CT molecular complexity index is 442. The van der Waals surface area contributed by atoms with E-state index < -0.39 is 6.04 Å². The van der Waals surface area contributed by atoms with Crippen molar-refractivity contribution in [2.24, 2.45) is 11.7 Å². The summed E-state index contributed by atoms with van der Waals surface area (Å²) in [5.74, 6) is 0.374. The summed E-state index contributed by atoms with van der Waals surface area (Å²) in [6.45, 7) is 7.64. The fourth-order valence-corrected chi connectivity index (χ4v) is 1.81. The molecule has 0 saturated heterocycles. The first-order valence-electron chi connectivity index (χ1n) is 6.18. The van der Waals surface area contributed by atoms with Crippen molar-refractivity contribution in [1.29, 1.82) is 0 Å². The molecule has 1 rings (SSSR count). The van der Waals surface area contributed by atoms with Crippen molar-refractivity contribution in [3.63, 3.8) is 0 Å². The molecular formula is C14H22N2O2. The summed E-state index contributed by atoms with van der Waals surface area (Å²) in [6.07, 6.45) is 0.642. The van der Waals surface area contributed by atoms with Gasteiger partial charge in [0.15, 0.2) is 0 Å². The Morgan fingerprint density at radius 3 is 2.56 bits per heavy atom. The lowest BCUT2D eigenvalue weighted by molar-refractivity contribution is -0.117. The van der Waals surface area contributed by atoms with Crippen LogP contribution in [0.2, 0.25) is 0 Å². The monoisotopic (exact) mass is 250 g/mol. The molecule has 0 fully saturated rings. The summed E-state index contributed by atoms with van der Waals surface area (Å²) in [7, 11) is 0. The van der Waals surface area contributed by atoms with Gasteiger partial charge >= 0.3 is 0 Å². The van der Waals surface area contributed by atoms with Crippen LogP contribution in [0.25, 0.3) is 0 Å². The standard InChI is InChI=1S/C14H22N2O2/c1-8(2)7-11(15)14(18)16-12-6-5-9(3)13(17)10(12)4/h5-6,8,11,17H,7,15H2,1-4H3,(H,16,18)/t11-/m0/s1. The minimum Gasteiger partial charge on any atom is -0.507 e. The van der Waals surface area contributed by atoms with Crippen LogP contribution in [0, 0.1) is 19.8 Å². The SMILES string of the molecule is Cc1ccc(NC(=O)[C@@H](N)CC(C)C)c(C)c1O. The average molecular weight is 250 g/mol. The zero-order valence-electron chi connectivity index (χ0n) is 11.4. The van der Waals surface area contributed by atoms with Crippen molar-refractivity contribution < 1.29 is 9.90 Å². The van der Waals surface area contributed by atoms with Crippen LogP contribution < -0.4 is 11.1 Å². The van der Waals surface area contributed by atoms with E-state index in [1.54, 1.807) is 19.1 Å². The van der Waals surface area contributed by atoms with Crippen LogP contribution in [0.5, 0.6) is 5.75 Å². The molecule has 0 unspecified atom stereocenters. The molecule has 1 amide bonds. The molecule has 4 nitrogen and oxygen atoms in total. The molecule has 0 aliphatic carbocycles. The van der Waals surface area contributed by atoms with E-state index in [0.29, 0.717) is 23.6 Å².